The summed E-state index contributed by atoms with van der Waals surface area (Å²) in [6.07, 6.45) is 1.25. The van der Waals surface area contributed by atoms with Crippen molar-refractivity contribution in [2.45, 2.75) is 26.3 Å². The Hall–Kier alpha value is -1.26. The van der Waals surface area contributed by atoms with E-state index in [0.717, 1.165) is 36.7 Å². The number of ether oxygens (including phenoxy) is 2. The van der Waals surface area contributed by atoms with Gasteiger partial charge in [-0.25, -0.2) is 0 Å². The van der Waals surface area contributed by atoms with Crippen LogP contribution in [-0.4, -0.2) is 31.3 Å². The molecule has 0 amide bonds. The van der Waals surface area contributed by atoms with Gasteiger partial charge in [0, 0.05) is 19.1 Å². The zero-order valence-electron chi connectivity index (χ0n) is 11.7. The molecule has 0 bridgehead atoms. The molecule has 4 heteroatoms. The van der Waals surface area contributed by atoms with Gasteiger partial charge in [0.1, 0.15) is 0 Å². The van der Waals surface area contributed by atoms with Gasteiger partial charge in [-0.05, 0) is 36.1 Å². The summed E-state index contributed by atoms with van der Waals surface area (Å²) >= 11 is 0. The highest BCUT2D eigenvalue weighted by molar-refractivity contribution is 5.45. The SMILES string of the molecule is CC1(C)CCN(CC(N)c2ccc3c(c2)OCO3)C1. The molecule has 1 fully saturated rings. The Balaban J connectivity index is 1.66. The lowest BCUT2D eigenvalue weighted by molar-refractivity contribution is 0.174. The predicted octanol–water partition coefficient (Wildman–Crippen LogP) is 2.15. The molecule has 0 aromatic heterocycles. The van der Waals surface area contributed by atoms with Crippen molar-refractivity contribution in [1.29, 1.82) is 0 Å². The van der Waals surface area contributed by atoms with Crippen LogP contribution in [0.2, 0.25) is 0 Å². The lowest BCUT2D eigenvalue weighted by atomic mass is 9.93. The first-order valence-corrected chi connectivity index (χ1v) is 6.91. The van der Waals surface area contributed by atoms with Crippen molar-refractivity contribution in [2.75, 3.05) is 26.4 Å². The summed E-state index contributed by atoms with van der Waals surface area (Å²) in [5.74, 6) is 1.63. The molecule has 0 aliphatic carbocycles. The summed E-state index contributed by atoms with van der Waals surface area (Å²) < 4.78 is 10.7. The summed E-state index contributed by atoms with van der Waals surface area (Å²) in [7, 11) is 0. The Morgan fingerprint density at radius 1 is 1.32 bits per heavy atom. The maximum absolute atomic E-state index is 6.32. The highest BCUT2D eigenvalue weighted by Crippen LogP contribution is 2.35. The molecule has 0 spiro atoms. The van der Waals surface area contributed by atoms with Crippen LogP contribution in [0.3, 0.4) is 0 Å². The number of benzene rings is 1. The van der Waals surface area contributed by atoms with E-state index in [1.54, 1.807) is 0 Å². The number of fused-ring (bicyclic) bond motifs is 1. The van der Waals surface area contributed by atoms with Gasteiger partial charge >= 0.3 is 0 Å². The molecular formula is C15H22N2O2. The largest absolute Gasteiger partial charge is 0.454 e. The topological polar surface area (TPSA) is 47.7 Å². The van der Waals surface area contributed by atoms with Gasteiger partial charge < -0.3 is 20.1 Å². The van der Waals surface area contributed by atoms with Crippen molar-refractivity contribution < 1.29 is 9.47 Å². The Bertz CT molecular complexity index is 473. The van der Waals surface area contributed by atoms with Gasteiger partial charge in [0.2, 0.25) is 6.79 Å². The van der Waals surface area contributed by atoms with Crippen LogP contribution in [0, 0.1) is 5.41 Å². The zero-order chi connectivity index (χ0) is 13.5. The number of nitrogens with zero attached hydrogens (tertiary/aromatic N) is 1. The third kappa shape index (κ3) is 2.69. The molecule has 2 N–H and O–H groups in total. The minimum atomic E-state index is 0.0309. The molecule has 0 saturated carbocycles. The number of likely N-dealkylation sites (tertiary alicyclic amines) is 1. The molecule has 104 valence electrons. The number of nitrogens with two attached hydrogens (primary N) is 1. The summed E-state index contributed by atoms with van der Waals surface area (Å²) in [5, 5.41) is 0. The van der Waals surface area contributed by atoms with Crippen molar-refractivity contribution in [1.82, 2.24) is 4.90 Å². The van der Waals surface area contributed by atoms with Crippen LogP contribution >= 0.6 is 0 Å². The maximum atomic E-state index is 6.32. The van der Waals surface area contributed by atoms with Gasteiger partial charge in [0.25, 0.3) is 0 Å². The van der Waals surface area contributed by atoms with Crippen molar-refractivity contribution in [3.63, 3.8) is 0 Å². The normalized spacial score (nSPS) is 22.7. The summed E-state index contributed by atoms with van der Waals surface area (Å²) in [6, 6.07) is 6.03. The first-order valence-electron chi connectivity index (χ1n) is 6.91. The molecule has 2 aliphatic rings. The van der Waals surface area contributed by atoms with Crippen molar-refractivity contribution >= 4 is 0 Å². The highest BCUT2D eigenvalue weighted by atomic mass is 16.7. The quantitative estimate of drug-likeness (QED) is 0.906. The number of rotatable bonds is 3. The van der Waals surface area contributed by atoms with Gasteiger partial charge in [-0.2, -0.15) is 0 Å². The monoisotopic (exact) mass is 262 g/mol. The molecule has 1 atom stereocenters. The molecule has 2 heterocycles. The van der Waals surface area contributed by atoms with Crippen LogP contribution in [0.4, 0.5) is 0 Å². The first kappa shape index (κ1) is 12.8. The van der Waals surface area contributed by atoms with Crippen LogP contribution in [0.5, 0.6) is 11.5 Å². The second kappa shape index (κ2) is 4.69. The summed E-state index contributed by atoms with van der Waals surface area (Å²) in [5.41, 5.74) is 7.86. The van der Waals surface area contributed by atoms with Crippen molar-refractivity contribution in [3.8, 4) is 11.5 Å². The fourth-order valence-corrected chi connectivity index (χ4v) is 2.91. The molecule has 0 radical (unpaired) electrons. The molecule has 4 nitrogen and oxygen atoms in total. The van der Waals surface area contributed by atoms with Crippen molar-refractivity contribution in [3.05, 3.63) is 23.8 Å². The van der Waals surface area contributed by atoms with Gasteiger partial charge in [-0.3, -0.25) is 0 Å². The van der Waals surface area contributed by atoms with Crippen LogP contribution in [0.15, 0.2) is 18.2 Å². The highest BCUT2D eigenvalue weighted by Gasteiger charge is 2.30. The molecule has 1 aromatic rings. The Morgan fingerprint density at radius 2 is 2.11 bits per heavy atom. The van der Waals surface area contributed by atoms with Gasteiger partial charge in [-0.1, -0.05) is 19.9 Å². The van der Waals surface area contributed by atoms with Crippen LogP contribution < -0.4 is 15.2 Å². The number of hydrogen-bond donors (Lipinski definition) is 1. The minimum Gasteiger partial charge on any atom is -0.454 e. The molecule has 1 aromatic carbocycles. The first-order chi connectivity index (χ1) is 9.03. The summed E-state index contributed by atoms with van der Waals surface area (Å²) in [4.78, 5) is 2.45. The standard InChI is InChI=1S/C15H22N2O2/c1-15(2)5-6-17(9-15)8-12(16)11-3-4-13-14(7-11)19-10-18-13/h3-4,7,12H,5-6,8-10,16H2,1-2H3. The second-order valence-corrected chi connectivity index (χ2v) is 6.37. The van der Waals surface area contributed by atoms with E-state index in [0.29, 0.717) is 12.2 Å². The zero-order valence-corrected chi connectivity index (χ0v) is 11.7. The molecule has 1 unspecified atom stereocenters. The van der Waals surface area contributed by atoms with E-state index in [4.69, 9.17) is 15.2 Å². The van der Waals surface area contributed by atoms with E-state index in [9.17, 15) is 0 Å². The molecule has 19 heavy (non-hydrogen) atoms. The fraction of sp³-hybridized carbons (Fsp3) is 0.600. The third-order valence-electron chi connectivity index (χ3n) is 4.04. The second-order valence-electron chi connectivity index (χ2n) is 6.37. The van der Waals surface area contributed by atoms with Crippen LogP contribution in [-0.2, 0) is 0 Å². The van der Waals surface area contributed by atoms with E-state index >= 15 is 0 Å². The Labute approximate surface area is 114 Å². The van der Waals surface area contributed by atoms with Crippen LogP contribution in [0.25, 0.3) is 0 Å². The lowest BCUT2D eigenvalue weighted by Gasteiger charge is -2.23. The van der Waals surface area contributed by atoms with E-state index in [1.165, 1.54) is 6.42 Å². The molecule has 1 saturated heterocycles. The minimum absolute atomic E-state index is 0.0309. The van der Waals surface area contributed by atoms with E-state index in [1.807, 2.05) is 18.2 Å². The molecule has 3 rings (SSSR count). The van der Waals surface area contributed by atoms with Gasteiger partial charge in [0.15, 0.2) is 11.5 Å². The average molecular weight is 262 g/mol. The Morgan fingerprint density at radius 3 is 2.84 bits per heavy atom. The Kier molecular flexibility index (Phi) is 3.15. The molecular weight excluding hydrogens is 240 g/mol. The molecule has 2 aliphatic heterocycles. The average Bonchev–Trinajstić information content (AvgIpc) is 2.94. The van der Waals surface area contributed by atoms with E-state index in [2.05, 4.69) is 18.7 Å². The lowest BCUT2D eigenvalue weighted by Crippen LogP contribution is -2.31. The maximum Gasteiger partial charge on any atom is 0.231 e. The number of hydrogen-bond acceptors (Lipinski definition) is 4. The van der Waals surface area contributed by atoms with Gasteiger partial charge in [-0.15, -0.1) is 0 Å². The smallest absolute Gasteiger partial charge is 0.231 e. The van der Waals surface area contributed by atoms with E-state index < -0.39 is 0 Å². The van der Waals surface area contributed by atoms with Crippen molar-refractivity contribution in [2.24, 2.45) is 11.1 Å². The van der Waals surface area contributed by atoms with Crippen LogP contribution in [0.1, 0.15) is 31.9 Å². The predicted molar refractivity (Wildman–Crippen MR) is 74.3 cm³/mol. The third-order valence-corrected chi connectivity index (χ3v) is 4.04. The fourth-order valence-electron chi connectivity index (χ4n) is 2.91. The van der Waals surface area contributed by atoms with Gasteiger partial charge in [0.05, 0.1) is 0 Å². The summed E-state index contributed by atoms with van der Waals surface area (Å²) in [6.45, 7) is 8.13. The van der Waals surface area contributed by atoms with E-state index in [-0.39, 0.29) is 6.04 Å².